The van der Waals surface area contributed by atoms with Gasteiger partial charge in [0.15, 0.2) is 0 Å². The maximum Gasteiger partial charge on any atom is 0.0892 e. The SMILES string of the molecule is CC(CC[C@H]1OC1(C)C)[C@@H]1CC[C@H]2[C@@H]3CC=C4C[C@@H](O)CC[C@]4(C)[C@H]3CC[C@]12C. The van der Waals surface area contributed by atoms with E-state index in [1.165, 1.54) is 51.4 Å². The van der Waals surface area contributed by atoms with Gasteiger partial charge in [0.05, 0.1) is 17.8 Å². The lowest BCUT2D eigenvalue weighted by Gasteiger charge is -2.58. The molecule has 3 saturated carbocycles. The summed E-state index contributed by atoms with van der Waals surface area (Å²) in [5.74, 6) is 4.41. The molecule has 29 heavy (non-hydrogen) atoms. The summed E-state index contributed by atoms with van der Waals surface area (Å²) >= 11 is 0. The summed E-state index contributed by atoms with van der Waals surface area (Å²) in [4.78, 5) is 0. The van der Waals surface area contributed by atoms with Crippen LogP contribution in [-0.4, -0.2) is 22.9 Å². The third kappa shape index (κ3) is 3.18. The predicted octanol–water partition coefficient (Wildman–Crippen LogP) is 6.52. The molecular weight excluding hydrogens is 356 g/mol. The molecule has 0 amide bonds. The van der Waals surface area contributed by atoms with Gasteiger partial charge in [-0.1, -0.05) is 32.4 Å². The Hall–Kier alpha value is -0.340. The zero-order valence-corrected chi connectivity index (χ0v) is 19.5. The van der Waals surface area contributed by atoms with Gasteiger partial charge in [-0.3, -0.25) is 0 Å². The van der Waals surface area contributed by atoms with Gasteiger partial charge in [-0.25, -0.2) is 0 Å². The van der Waals surface area contributed by atoms with E-state index >= 15 is 0 Å². The minimum atomic E-state index is -0.0862. The fourth-order valence-electron chi connectivity index (χ4n) is 8.97. The molecular formula is C27H44O2. The molecule has 1 heterocycles. The van der Waals surface area contributed by atoms with Crippen molar-refractivity contribution in [2.45, 2.75) is 117 Å². The van der Waals surface area contributed by atoms with Crippen LogP contribution in [0.3, 0.4) is 0 Å². The molecule has 1 aliphatic heterocycles. The van der Waals surface area contributed by atoms with Crippen molar-refractivity contribution in [2.75, 3.05) is 0 Å². The highest BCUT2D eigenvalue weighted by atomic mass is 16.6. The van der Waals surface area contributed by atoms with Crippen molar-refractivity contribution in [3.63, 3.8) is 0 Å². The van der Waals surface area contributed by atoms with Gasteiger partial charge >= 0.3 is 0 Å². The quantitative estimate of drug-likeness (QED) is 0.430. The van der Waals surface area contributed by atoms with Crippen LogP contribution in [-0.2, 0) is 4.74 Å². The van der Waals surface area contributed by atoms with E-state index in [0.717, 1.165) is 42.4 Å². The van der Waals surface area contributed by atoms with Crippen LogP contribution in [0, 0.1) is 40.4 Å². The van der Waals surface area contributed by atoms with Gasteiger partial charge in [-0.15, -0.1) is 0 Å². The van der Waals surface area contributed by atoms with Gasteiger partial charge < -0.3 is 9.84 Å². The highest BCUT2D eigenvalue weighted by Gasteiger charge is 2.59. The number of hydrogen-bond acceptors (Lipinski definition) is 2. The van der Waals surface area contributed by atoms with Gasteiger partial charge in [0.2, 0.25) is 0 Å². The van der Waals surface area contributed by atoms with E-state index in [0.29, 0.717) is 16.9 Å². The lowest BCUT2D eigenvalue weighted by atomic mass is 9.47. The van der Waals surface area contributed by atoms with E-state index in [4.69, 9.17) is 4.74 Å². The number of aliphatic hydroxyl groups excluding tert-OH is 1. The van der Waals surface area contributed by atoms with E-state index in [-0.39, 0.29) is 11.7 Å². The molecule has 4 aliphatic carbocycles. The normalized spacial score (nSPS) is 51.4. The molecule has 9 atom stereocenters. The zero-order valence-electron chi connectivity index (χ0n) is 19.5. The predicted molar refractivity (Wildman–Crippen MR) is 119 cm³/mol. The van der Waals surface area contributed by atoms with Crippen LogP contribution >= 0.6 is 0 Å². The number of rotatable bonds is 4. The summed E-state index contributed by atoms with van der Waals surface area (Å²) < 4.78 is 5.86. The highest BCUT2D eigenvalue weighted by Crippen LogP contribution is 2.67. The van der Waals surface area contributed by atoms with Crippen LogP contribution in [0.15, 0.2) is 11.6 Å². The van der Waals surface area contributed by atoms with Crippen LogP contribution in [0.4, 0.5) is 0 Å². The van der Waals surface area contributed by atoms with Crippen molar-refractivity contribution in [1.29, 1.82) is 0 Å². The minimum absolute atomic E-state index is 0.0862. The monoisotopic (exact) mass is 400 g/mol. The van der Waals surface area contributed by atoms with Crippen LogP contribution in [0.2, 0.25) is 0 Å². The standard InChI is InChI=1S/C27H44O2/c1-17(6-11-24-25(2,3)29-24)21-9-10-22-20-8-7-18-16-19(28)12-14-26(18,4)23(20)13-15-27(21,22)5/h7,17,19-24,28H,6,8-16H2,1-5H3/t17?,19-,20-,21-,22-,23-,24+,26-,27+/m0/s1. The summed E-state index contributed by atoms with van der Waals surface area (Å²) in [6, 6.07) is 0. The molecule has 1 N–H and O–H groups in total. The third-order valence-corrected chi connectivity index (χ3v) is 10.9. The molecule has 0 aromatic rings. The Labute approximate surface area is 178 Å². The Morgan fingerprint density at radius 2 is 1.83 bits per heavy atom. The van der Waals surface area contributed by atoms with Crippen LogP contribution in [0.1, 0.15) is 98.8 Å². The Bertz CT molecular complexity index is 680. The number of aliphatic hydroxyl groups is 1. The second-order valence-corrected chi connectivity index (χ2v) is 12.6. The van der Waals surface area contributed by atoms with Crippen LogP contribution < -0.4 is 0 Å². The Morgan fingerprint density at radius 3 is 2.55 bits per heavy atom. The Morgan fingerprint density at radius 1 is 1.07 bits per heavy atom. The molecule has 5 rings (SSSR count). The average Bonchev–Trinajstić information content (AvgIpc) is 3.11. The van der Waals surface area contributed by atoms with E-state index in [1.54, 1.807) is 5.57 Å². The van der Waals surface area contributed by atoms with Gasteiger partial charge in [-0.2, -0.15) is 0 Å². The number of allylic oxidation sites excluding steroid dienone is 1. The van der Waals surface area contributed by atoms with Gasteiger partial charge in [0.1, 0.15) is 0 Å². The molecule has 2 nitrogen and oxygen atoms in total. The van der Waals surface area contributed by atoms with Crippen molar-refractivity contribution >= 4 is 0 Å². The fraction of sp³-hybridized carbons (Fsp3) is 0.926. The fourth-order valence-corrected chi connectivity index (χ4v) is 8.97. The van der Waals surface area contributed by atoms with Gasteiger partial charge in [-0.05, 0) is 118 Å². The van der Waals surface area contributed by atoms with Gasteiger partial charge in [0.25, 0.3) is 0 Å². The Kier molecular flexibility index (Phi) is 4.84. The van der Waals surface area contributed by atoms with E-state index in [1.807, 2.05) is 0 Å². The van der Waals surface area contributed by atoms with Crippen LogP contribution in [0.5, 0.6) is 0 Å². The van der Waals surface area contributed by atoms with E-state index in [2.05, 4.69) is 40.7 Å². The van der Waals surface area contributed by atoms with E-state index < -0.39 is 0 Å². The number of fused-ring (bicyclic) bond motifs is 5. The average molecular weight is 401 g/mol. The molecule has 0 aromatic heterocycles. The second kappa shape index (κ2) is 6.83. The van der Waals surface area contributed by atoms with Gasteiger partial charge in [0, 0.05) is 0 Å². The first-order valence-corrected chi connectivity index (χ1v) is 12.7. The molecule has 2 heteroatoms. The molecule has 0 aromatic carbocycles. The topological polar surface area (TPSA) is 32.8 Å². The second-order valence-electron chi connectivity index (χ2n) is 12.6. The molecule has 164 valence electrons. The lowest BCUT2D eigenvalue weighted by molar-refractivity contribution is -0.0573. The van der Waals surface area contributed by atoms with Crippen molar-refractivity contribution in [1.82, 2.24) is 0 Å². The largest absolute Gasteiger partial charge is 0.393 e. The van der Waals surface area contributed by atoms with Crippen molar-refractivity contribution in [3.05, 3.63) is 11.6 Å². The molecule has 1 unspecified atom stereocenters. The molecule has 0 radical (unpaired) electrons. The van der Waals surface area contributed by atoms with Crippen molar-refractivity contribution in [2.24, 2.45) is 40.4 Å². The summed E-state index contributed by atoms with van der Waals surface area (Å²) in [7, 11) is 0. The molecule has 0 bridgehead atoms. The first-order chi connectivity index (χ1) is 13.6. The summed E-state index contributed by atoms with van der Waals surface area (Å²) in [5, 5.41) is 10.2. The summed E-state index contributed by atoms with van der Waals surface area (Å²) in [6.07, 6.45) is 15.8. The van der Waals surface area contributed by atoms with Crippen molar-refractivity contribution in [3.8, 4) is 0 Å². The summed E-state index contributed by atoms with van der Waals surface area (Å²) in [6.45, 7) is 12.3. The maximum absolute atomic E-state index is 10.2. The molecule has 0 spiro atoms. The molecule has 4 fully saturated rings. The third-order valence-electron chi connectivity index (χ3n) is 10.9. The number of hydrogen-bond donors (Lipinski definition) is 1. The Balaban J connectivity index is 1.30. The van der Waals surface area contributed by atoms with Crippen LogP contribution in [0.25, 0.3) is 0 Å². The number of ether oxygens (including phenoxy) is 1. The number of epoxide rings is 1. The zero-order chi connectivity index (χ0) is 20.6. The molecule has 5 aliphatic rings. The first-order valence-electron chi connectivity index (χ1n) is 12.7. The first kappa shape index (κ1) is 20.6. The smallest absolute Gasteiger partial charge is 0.0892 e. The lowest BCUT2D eigenvalue weighted by Crippen LogP contribution is -2.50. The molecule has 1 saturated heterocycles. The van der Waals surface area contributed by atoms with E-state index in [9.17, 15) is 5.11 Å². The summed E-state index contributed by atoms with van der Waals surface area (Å²) in [5.41, 5.74) is 2.68. The maximum atomic E-state index is 10.2. The minimum Gasteiger partial charge on any atom is -0.393 e. The van der Waals surface area contributed by atoms with Crippen molar-refractivity contribution < 1.29 is 9.84 Å². The highest BCUT2D eigenvalue weighted by molar-refractivity contribution is 5.25.